The van der Waals surface area contributed by atoms with Gasteiger partial charge in [-0.25, -0.2) is 13.2 Å². The van der Waals surface area contributed by atoms with E-state index in [2.05, 4.69) is 10.6 Å². The van der Waals surface area contributed by atoms with Crippen LogP contribution in [0.15, 0.2) is 23.1 Å². The molecule has 2 heterocycles. The van der Waals surface area contributed by atoms with Gasteiger partial charge in [-0.3, -0.25) is 14.5 Å². The summed E-state index contributed by atoms with van der Waals surface area (Å²) >= 11 is 0. The van der Waals surface area contributed by atoms with Crippen molar-refractivity contribution in [3.63, 3.8) is 0 Å². The van der Waals surface area contributed by atoms with Gasteiger partial charge in [0.1, 0.15) is 12.1 Å². The van der Waals surface area contributed by atoms with Gasteiger partial charge in [0, 0.05) is 18.8 Å². The van der Waals surface area contributed by atoms with Gasteiger partial charge in [-0.15, -0.1) is 0 Å². The third-order valence-corrected chi connectivity index (χ3v) is 8.31. The molecule has 0 spiro atoms. The SMILES string of the molecule is Cc1ccc(NC(=O)CN2C(=O)NC(C)(CCC(C)C)C2=O)cc1S(=O)(=O)N1CCCCC1. The molecule has 9 nitrogen and oxygen atoms in total. The van der Waals surface area contributed by atoms with E-state index in [4.69, 9.17) is 0 Å². The lowest BCUT2D eigenvalue weighted by molar-refractivity contribution is -0.133. The van der Waals surface area contributed by atoms with Crippen molar-refractivity contribution in [3.05, 3.63) is 23.8 Å². The third-order valence-electron chi connectivity index (χ3n) is 6.27. The number of benzene rings is 1. The van der Waals surface area contributed by atoms with Crippen molar-refractivity contribution in [2.24, 2.45) is 5.92 Å². The minimum absolute atomic E-state index is 0.151. The molecular formula is C23H34N4O5S. The van der Waals surface area contributed by atoms with Gasteiger partial charge in [0.05, 0.1) is 4.90 Å². The quantitative estimate of drug-likeness (QED) is 0.558. The molecule has 0 aliphatic carbocycles. The number of aryl methyl sites for hydroxylation is 1. The second-order valence-electron chi connectivity index (χ2n) is 9.58. The predicted octanol–water partition coefficient (Wildman–Crippen LogP) is 2.85. The number of sulfonamides is 1. The highest BCUT2D eigenvalue weighted by Crippen LogP contribution is 2.27. The van der Waals surface area contributed by atoms with Gasteiger partial charge in [0.2, 0.25) is 15.9 Å². The lowest BCUT2D eigenvalue weighted by Gasteiger charge is -2.26. The molecule has 1 atom stereocenters. The van der Waals surface area contributed by atoms with E-state index in [0.717, 1.165) is 30.6 Å². The molecule has 4 amide bonds. The van der Waals surface area contributed by atoms with Crippen molar-refractivity contribution in [2.45, 2.75) is 70.2 Å². The molecule has 0 aromatic heterocycles. The number of urea groups is 1. The van der Waals surface area contributed by atoms with Gasteiger partial charge >= 0.3 is 6.03 Å². The first-order chi connectivity index (χ1) is 15.4. The standard InChI is InChI=1S/C23H34N4O5S/c1-16(2)10-11-23(4)21(29)27(22(30)25-23)15-20(28)24-18-9-8-17(3)19(14-18)33(31,32)26-12-6-5-7-13-26/h8-9,14,16H,5-7,10-13,15H2,1-4H3,(H,24,28)(H,25,30). The van der Waals surface area contributed by atoms with E-state index in [-0.39, 0.29) is 4.90 Å². The minimum Gasteiger partial charge on any atom is -0.324 e. The van der Waals surface area contributed by atoms with Crippen LogP contribution in [-0.2, 0) is 19.6 Å². The molecular weight excluding hydrogens is 444 g/mol. The van der Waals surface area contributed by atoms with E-state index in [1.165, 1.54) is 10.4 Å². The highest BCUT2D eigenvalue weighted by Gasteiger charge is 2.47. The minimum atomic E-state index is -3.67. The molecule has 0 bridgehead atoms. The molecule has 10 heteroatoms. The zero-order valence-electron chi connectivity index (χ0n) is 19.8. The number of imide groups is 1. The summed E-state index contributed by atoms with van der Waals surface area (Å²) in [6, 6.07) is 4.10. The number of piperidine rings is 1. The number of anilines is 1. The van der Waals surface area contributed by atoms with Crippen molar-refractivity contribution in [3.8, 4) is 0 Å². The Labute approximate surface area is 195 Å². The summed E-state index contributed by atoms with van der Waals surface area (Å²) in [5, 5.41) is 5.33. The van der Waals surface area contributed by atoms with E-state index in [1.54, 1.807) is 26.0 Å². The molecule has 2 aliphatic rings. The number of carbonyl (C=O) groups excluding carboxylic acids is 3. The van der Waals surface area contributed by atoms with Gasteiger partial charge in [-0.1, -0.05) is 26.3 Å². The largest absolute Gasteiger partial charge is 0.325 e. The second kappa shape index (κ2) is 9.80. The summed E-state index contributed by atoms with van der Waals surface area (Å²) in [5.74, 6) is -0.627. The predicted molar refractivity (Wildman–Crippen MR) is 125 cm³/mol. The lowest BCUT2D eigenvalue weighted by Crippen LogP contribution is -2.44. The molecule has 1 aromatic rings. The highest BCUT2D eigenvalue weighted by atomic mass is 32.2. The molecule has 0 radical (unpaired) electrons. The second-order valence-corrected chi connectivity index (χ2v) is 11.5. The van der Waals surface area contributed by atoms with Crippen LogP contribution in [0.5, 0.6) is 0 Å². The first kappa shape index (κ1) is 25.2. The van der Waals surface area contributed by atoms with Gasteiger partial charge in [0.15, 0.2) is 0 Å². The number of carbonyl (C=O) groups is 3. The van der Waals surface area contributed by atoms with Crippen LogP contribution in [0, 0.1) is 12.8 Å². The molecule has 0 saturated carbocycles. The van der Waals surface area contributed by atoms with E-state index in [0.29, 0.717) is 36.7 Å². The summed E-state index contributed by atoms with van der Waals surface area (Å²) in [7, 11) is -3.67. The smallest absolute Gasteiger partial charge is 0.324 e. The summed E-state index contributed by atoms with van der Waals surface area (Å²) < 4.78 is 27.7. The van der Waals surface area contributed by atoms with Crippen LogP contribution in [0.2, 0.25) is 0 Å². The summed E-state index contributed by atoms with van der Waals surface area (Å²) in [6.45, 7) is 8.00. The number of hydrogen-bond acceptors (Lipinski definition) is 5. The Hall–Kier alpha value is -2.46. The van der Waals surface area contributed by atoms with E-state index >= 15 is 0 Å². The van der Waals surface area contributed by atoms with Gasteiger partial charge in [0.25, 0.3) is 5.91 Å². The molecule has 3 rings (SSSR count). The van der Waals surface area contributed by atoms with Gasteiger partial charge < -0.3 is 10.6 Å². The van der Waals surface area contributed by atoms with E-state index < -0.39 is 40.0 Å². The molecule has 2 aliphatic heterocycles. The highest BCUT2D eigenvalue weighted by molar-refractivity contribution is 7.89. The monoisotopic (exact) mass is 478 g/mol. The fraction of sp³-hybridized carbons (Fsp3) is 0.609. The molecule has 2 saturated heterocycles. The average Bonchev–Trinajstić information content (AvgIpc) is 2.97. The van der Waals surface area contributed by atoms with Crippen LogP contribution < -0.4 is 10.6 Å². The van der Waals surface area contributed by atoms with Gasteiger partial charge in [-0.05, 0) is 63.1 Å². The number of hydrogen-bond donors (Lipinski definition) is 2. The van der Waals surface area contributed by atoms with Crippen molar-refractivity contribution in [2.75, 3.05) is 25.0 Å². The molecule has 1 unspecified atom stereocenters. The van der Waals surface area contributed by atoms with Gasteiger partial charge in [-0.2, -0.15) is 4.31 Å². The Morgan fingerprint density at radius 1 is 1.18 bits per heavy atom. The fourth-order valence-electron chi connectivity index (χ4n) is 4.18. The first-order valence-corrected chi connectivity index (χ1v) is 12.9. The Morgan fingerprint density at radius 3 is 2.48 bits per heavy atom. The topological polar surface area (TPSA) is 116 Å². The number of nitrogens with zero attached hydrogens (tertiary/aromatic N) is 2. The van der Waals surface area contributed by atoms with Crippen molar-refractivity contribution >= 4 is 33.6 Å². The van der Waals surface area contributed by atoms with E-state index in [1.807, 2.05) is 13.8 Å². The summed E-state index contributed by atoms with van der Waals surface area (Å²) in [5.41, 5.74) is -0.134. The Kier molecular flexibility index (Phi) is 7.48. The molecule has 1 aromatic carbocycles. The molecule has 33 heavy (non-hydrogen) atoms. The summed E-state index contributed by atoms with van der Waals surface area (Å²) in [4.78, 5) is 38.9. The van der Waals surface area contributed by atoms with Crippen LogP contribution in [0.25, 0.3) is 0 Å². The Bertz CT molecular complexity index is 1030. The Morgan fingerprint density at radius 2 is 1.85 bits per heavy atom. The van der Waals surface area contributed by atoms with Crippen molar-refractivity contribution < 1.29 is 22.8 Å². The third kappa shape index (κ3) is 5.55. The lowest BCUT2D eigenvalue weighted by atomic mass is 9.92. The Balaban J connectivity index is 1.70. The zero-order chi connectivity index (χ0) is 24.4. The normalized spacial score (nSPS) is 22.0. The number of nitrogens with one attached hydrogen (secondary N) is 2. The van der Waals surface area contributed by atoms with Crippen molar-refractivity contribution in [1.82, 2.24) is 14.5 Å². The maximum Gasteiger partial charge on any atom is 0.325 e. The summed E-state index contributed by atoms with van der Waals surface area (Å²) in [6.07, 6.45) is 3.93. The van der Waals surface area contributed by atoms with E-state index in [9.17, 15) is 22.8 Å². The number of rotatable bonds is 8. The van der Waals surface area contributed by atoms with Crippen LogP contribution >= 0.6 is 0 Å². The first-order valence-electron chi connectivity index (χ1n) is 11.5. The maximum absolute atomic E-state index is 13.1. The maximum atomic E-state index is 13.1. The van der Waals surface area contributed by atoms with Crippen LogP contribution in [0.3, 0.4) is 0 Å². The average molecular weight is 479 g/mol. The molecule has 2 N–H and O–H groups in total. The number of amides is 4. The fourth-order valence-corrected chi connectivity index (χ4v) is 5.95. The van der Waals surface area contributed by atoms with Crippen LogP contribution in [0.4, 0.5) is 10.5 Å². The zero-order valence-corrected chi connectivity index (χ0v) is 20.6. The van der Waals surface area contributed by atoms with Crippen LogP contribution in [0.1, 0.15) is 58.4 Å². The molecule has 2 fully saturated rings. The molecule has 182 valence electrons. The van der Waals surface area contributed by atoms with Crippen molar-refractivity contribution in [1.29, 1.82) is 0 Å². The van der Waals surface area contributed by atoms with Crippen LogP contribution in [-0.4, -0.2) is 60.6 Å².